The van der Waals surface area contributed by atoms with Crippen LogP contribution in [0.25, 0.3) is 11.2 Å². The summed E-state index contributed by atoms with van der Waals surface area (Å²) in [5.74, 6) is 1.60. The lowest BCUT2D eigenvalue weighted by molar-refractivity contribution is 0.449. The van der Waals surface area contributed by atoms with Crippen molar-refractivity contribution in [2.24, 2.45) is 0 Å². The second-order valence-corrected chi connectivity index (χ2v) is 4.49. The highest BCUT2D eigenvalue weighted by Crippen LogP contribution is 2.22. The first-order valence-corrected chi connectivity index (χ1v) is 5.87. The minimum absolute atomic E-state index is 0.517. The van der Waals surface area contributed by atoms with Gasteiger partial charge in [-0.25, -0.2) is 9.97 Å². The third-order valence-corrected chi connectivity index (χ3v) is 3.19. The summed E-state index contributed by atoms with van der Waals surface area (Å²) in [7, 11) is 0. The van der Waals surface area contributed by atoms with E-state index in [1.807, 2.05) is 13.0 Å². The SMILES string of the molecule is Cc1ccc2[nH]c(C3CCCNC3)nc2n1. The first kappa shape index (κ1) is 9.78. The molecule has 0 aliphatic carbocycles. The standard InChI is InChI=1S/C12H16N4/c1-8-4-5-10-12(14-8)16-11(15-10)9-3-2-6-13-7-9/h4-5,9,13H,2-3,6-7H2,1H3,(H,14,15,16). The summed E-state index contributed by atoms with van der Waals surface area (Å²) in [4.78, 5) is 12.4. The van der Waals surface area contributed by atoms with Gasteiger partial charge in [0.05, 0.1) is 5.52 Å². The van der Waals surface area contributed by atoms with Crippen LogP contribution >= 0.6 is 0 Å². The summed E-state index contributed by atoms with van der Waals surface area (Å²) in [5, 5.41) is 3.41. The number of nitrogens with one attached hydrogen (secondary N) is 2. The third-order valence-electron chi connectivity index (χ3n) is 3.19. The molecule has 1 aliphatic rings. The lowest BCUT2D eigenvalue weighted by atomic mass is 9.99. The van der Waals surface area contributed by atoms with E-state index in [0.29, 0.717) is 5.92 Å². The average Bonchev–Trinajstić information content (AvgIpc) is 2.73. The van der Waals surface area contributed by atoms with Crippen molar-refractivity contribution in [3.05, 3.63) is 23.7 Å². The monoisotopic (exact) mass is 216 g/mol. The van der Waals surface area contributed by atoms with Crippen molar-refractivity contribution in [2.45, 2.75) is 25.7 Å². The van der Waals surface area contributed by atoms with Gasteiger partial charge in [-0.15, -0.1) is 0 Å². The highest BCUT2D eigenvalue weighted by atomic mass is 15.0. The smallest absolute Gasteiger partial charge is 0.177 e. The van der Waals surface area contributed by atoms with Crippen molar-refractivity contribution in [1.82, 2.24) is 20.3 Å². The molecule has 0 aromatic carbocycles. The summed E-state index contributed by atoms with van der Waals surface area (Å²) in [5.41, 5.74) is 2.92. The molecule has 0 saturated carbocycles. The fourth-order valence-corrected chi connectivity index (χ4v) is 2.28. The van der Waals surface area contributed by atoms with E-state index in [1.165, 1.54) is 12.8 Å². The summed E-state index contributed by atoms with van der Waals surface area (Å²) in [6.45, 7) is 4.16. The van der Waals surface area contributed by atoms with Crippen LogP contribution in [0.1, 0.15) is 30.3 Å². The van der Waals surface area contributed by atoms with Crippen LogP contribution in [0, 0.1) is 6.92 Å². The Hall–Kier alpha value is -1.42. The van der Waals surface area contributed by atoms with Gasteiger partial charge in [-0.1, -0.05) is 0 Å². The van der Waals surface area contributed by atoms with Crippen molar-refractivity contribution in [2.75, 3.05) is 13.1 Å². The molecule has 1 fully saturated rings. The molecule has 0 bridgehead atoms. The van der Waals surface area contributed by atoms with Gasteiger partial charge in [-0.05, 0) is 38.4 Å². The van der Waals surface area contributed by atoms with E-state index in [0.717, 1.165) is 35.8 Å². The molecule has 2 N–H and O–H groups in total. The van der Waals surface area contributed by atoms with Crippen LogP contribution in [0.15, 0.2) is 12.1 Å². The zero-order valence-corrected chi connectivity index (χ0v) is 9.45. The Balaban J connectivity index is 1.97. The molecule has 3 heterocycles. The number of aromatic nitrogens is 3. The van der Waals surface area contributed by atoms with E-state index >= 15 is 0 Å². The molecule has 3 rings (SSSR count). The van der Waals surface area contributed by atoms with Crippen LogP contribution in [-0.4, -0.2) is 28.0 Å². The molecule has 4 heteroatoms. The number of hydrogen-bond acceptors (Lipinski definition) is 3. The highest BCUT2D eigenvalue weighted by molar-refractivity contribution is 5.70. The average molecular weight is 216 g/mol. The van der Waals surface area contributed by atoms with Crippen LogP contribution in [0.4, 0.5) is 0 Å². The molecule has 1 atom stereocenters. The Morgan fingerprint density at radius 3 is 3.06 bits per heavy atom. The molecule has 2 aromatic heterocycles. The van der Waals surface area contributed by atoms with Crippen molar-refractivity contribution in [3.8, 4) is 0 Å². The van der Waals surface area contributed by atoms with Gasteiger partial charge in [0, 0.05) is 18.2 Å². The first-order valence-electron chi connectivity index (χ1n) is 5.87. The number of aromatic amines is 1. The van der Waals surface area contributed by atoms with Crippen molar-refractivity contribution in [1.29, 1.82) is 0 Å². The van der Waals surface area contributed by atoms with Gasteiger partial charge in [0.2, 0.25) is 0 Å². The number of imidazole rings is 1. The Labute approximate surface area is 94.5 Å². The van der Waals surface area contributed by atoms with Gasteiger partial charge in [0.25, 0.3) is 0 Å². The van der Waals surface area contributed by atoms with E-state index in [-0.39, 0.29) is 0 Å². The predicted molar refractivity (Wildman–Crippen MR) is 63.5 cm³/mol. The van der Waals surface area contributed by atoms with Crippen LogP contribution in [0.2, 0.25) is 0 Å². The van der Waals surface area contributed by atoms with E-state index in [1.54, 1.807) is 0 Å². The van der Waals surface area contributed by atoms with Crippen molar-refractivity contribution < 1.29 is 0 Å². The first-order chi connectivity index (χ1) is 7.83. The molecule has 0 radical (unpaired) electrons. The number of aryl methyl sites for hydroxylation is 1. The summed E-state index contributed by atoms with van der Waals surface area (Å²) in [6, 6.07) is 4.08. The van der Waals surface area contributed by atoms with Crippen LogP contribution in [0.3, 0.4) is 0 Å². The highest BCUT2D eigenvalue weighted by Gasteiger charge is 2.18. The van der Waals surface area contributed by atoms with Gasteiger partial charge >= 0.3 is 0 Å². The normalized spacial score (nSPS) is 21.4. The molecule has 16 heavy (non-hydrogen) atoms. The van der Waals surface area contributed by atoms with E-state index < -0.39 is 0 Å². The number of pyridine rings is 1. The minimum Gasteiger partial charge on any atom is -0.340 e. The van der Waals surface area contributed by atoms with Crippen LogP contribution < -0.4 is 5.32 Å². The fourth-order valence-electron chi connectivity index (χ4n) is 2.28. The number of rotatable bonds is 1. The minimum atomic E-state index is 0.517. The molecule has 1 aliphatic heterocycles. The topological polar surface area (TPSA) is 53.6 Å². The molecular weight excluding hydrogens is 200 g/mol. The molecule has 4 nitrogen and oxygen atoms in total. The third kappa shape index (κ3) is 1.69. The summed E-state index contributed by atoms with van der Waals surface area (Å²) in [6.07, 6.45) is 2.44. The summed E-state index contributed by atoms with van der Waals surface area (Å²) >= 11 is 0. The number of piperidine rings is 1. The fraction of sp³-hybridized carbons (Fsp3) is 0.500. The van der Waals surface area contributed by atoms with Gasteiger partial charge in [-0.3, -0.25) is 0 Å². The van der Waals surface area contributed by atoms with Gasteiger partial charge in [0.15, 0.2) is 5.65 Å². The molecule has 0 spiro atoms. The zero-order valence-electron chi connectivity index (χ0n) is 9.45. The van der Waals surface area contributed by atoms with Crippen LogP contribution in [-0.2, 0) is 0 Å². The largest absolute Gasteiger partial charge is 0.340 e. The summed E-state index contributed by atoms with van der Waals surface area (Å²) < 4.78 is 0. The van der Waals surface area contributed by atoms with Crippen LogP contribution in [0.5, 0.6) is 0 Å². The maximum Gasteiger partial charge on any atom is 0.177 e. The molecule has 2 aromatic rings. The Kier molecular flexibility index (Phi) is 2.36. The maximum absolute atomic E-state index is 4.59. The number of fused-ring (bicyclic) bond motifs is 1. The second-order valence-electron chi connectivity index (χ2n) is 4.49. The molecule has 0 amide bonds. The molecule has 1 unspecified atom stereocenters. The van der Waals surface area contributed by atoms with E-state index in [2.05, 4.69) is 26.3 Å². The molecule has 84 valence electrons. The van der Waals surface area contributed by atoms with Gasteiger partial charge < -0.3 is 10.3 Å². The Morgan fingerprint density at radius 1 is 1.31 bits per heavy atom. The van der Waals surface area contributed by atoms with E-state index in [4.69, 9.17) is 0 Å². The predicted octanol–water partition coefficient (Wildman–Crippen LogP) is 1.73. The zero-order chi connectivity index (χ0) is 11.0. The number of hydrogen-bond donors (Lipinski definition) is 2. The van der Waals surface area contributed by atoms with E-state index in [9.17, 15) is 0 Å². The Morgan fingerprint density at radius 2 is 2.25 bits per heavy atom. The second kappa shape index (κ2) is 3.87. The van der Waals surface area contributed by atoms with Gasteiger partial charge in [0.1, 0.15) is 5.82 Å². The van der Waals surface area contributed by atoms with Crippen molar-refractivity contribution >= 4 is 11.2 Å². The quantitative estimate of drug-likeness (QED) is 0.763. The van der Waals surface area contributed by atoms with Gasteiger partial charge in [-0.2, -0.15) is 0 Å². The molecular formula is C12H16N4. The maximum atomic E-state index is 4.59. The number of nitrogens with zero attached hydrogens (tertiary/aromatic N) is 2. The number of H-pyrrole nitrogens is 1. The van der Waals surface area contributed by atoms with Crippen molar-refractivity contribution in [3.63, 3.8) is 0 Å². The lowest BCUT2D eigenvalue weighted by Crippen LogP contribution is -2.28. The Bertz CT molecular complexity index is 497. The molecule has 1 saturated heterocycles. The lowest BCUT2D eigenvalue weighted by Gasteiger charge is -2.20.